The van der Waals surface area contributed by atoms with Crippen LogP contribution < -0.4 is 10.9 Å². The topological polar surface area (TPSA) is 106 Å². The molecule has 0 radical (unpaired) electrons. The van der Waals surface area contributed by atoms with Gasteiger partial charge in [0, 0.05) is 18.3 Å². The summed E-state index contributed by atoms with van der Waals surface area (Å²) >= 11 is 0. The molecule has 0 saturated heterocycles. The number of hydrogen-bond acceptors (Lipinski definition) is 6. The molecular formula is C27H30N2O6. The van der Waals surface area contributed by atoms with Crippen molar-refractivity contribution in [1.29, 1.82) is 0 Å². The number of pyridine rings is 2. The molecule has 1 saturated carbocycles. The highest BCUT2D eigenvalue weighted by molar-refractivity contribution is 5.90. The lowest BCUT2D eigenvalue weighted by atomic mass is 9.95. The molecule has 0 atom stereocenters. The predicted octanol–water partition coefficient (Wildman–Crippen LogP) is 4.67. The van der Waals surface area contributed by atoms with Crippen LogP contribution in [0.3, 0.4) is 0 Å². The van der Waals surface area contributed by atoms with E-state index in [2.05, 4.69) is 5.32 Å². The summed E-state index contributed by atoms with van der Waals surface area (Å²) in [5.41, 5.74) is 3.86. The third-order valence-corrected chi connectivity index (χ3v) is 6.05. The molecule has 35 heavy (non-hydrogen) atoms. The van der Waals surface area contributed by atoms with E-state index in [-0.39, 0.29) is 23.8 Å². The molecule has 4 rings (SSSR count). The first-order valence-electron chi connectivity index (χ1n) is 11.6. The number of nitrogens with zero attached hydrogens (tertiary/aromatic N) is 1. The number of methoxy groups -OCH3 is 1. The van der Waals surface area contributed by atoms with Crippen LogP contribution in [0.15, 0.2) is 41.3 Å². The molecule has 0 spiro atoms. The Morgan fingerprint density at radius 1 is 1.17 bits per heavy atom. The fourth-order valence-corrected chi connectivity index (χ4v) is 4.25. The standard InChI is InChI=1S/C27H30N2O6/c1-15-19(17-8-9-22(30)18(12-17)14-28-26(33)35-27(2,3)4)10-11-29-23(15)20(16-6-7-16)13-21(24(29)31)25(32)34-5/h8-13,16,30H,6-7,14H2,1-5H3,(H,28,33). The van der Waals surface area contributed by atoms with Gasteiger partial charge in [0.2, 0.25) is 0 Å². The second kappa shape index (κ2) is 9.09. The van der Waals surface area contributed by atoms with E-state index in [9.17, 15) is 19.5 Å². The number of aryl methyl sites for hydroxylation is 1. The number of benzene rings is 1. The van der Waals surface area contributed by atoms with Gasteiger partial charge in [0.05, 0.1) is 12.6 Å². The zero-order valence-electron chi connectivity index (χ0n) is 20.6. The third-order valence-electron chi connectivity index (χ3n) is 6.05. The minimum Gasteiger partial charge on any atom is -0.508 e. The molecule has 3 aromatic rings. The van der Waals surface area contributed by atoms with E-state index in [4.69, 9.17) is 9.47 Å². The first-order valence-corrected chi connectivity index (χ1v) is 11.6. The van der Waals surface area contributed by atoms with Crippen molar-refractivity contribution in [3.8, 4) is 16.9 Å². The van der Waals surface area contributed by atoms with Crippen molar-refractivity contribution in [1.82, 2.24) is 9.72 Å². The number of nitrogens with one attached hydrogen (secondary N) is 1. The Bertz CT molecular complexity index is 1380. The van der Waals surface area contributed by atoms with Gasteiger partial charge in [0.25, 0.3) is 5.56 Å². The maximum atomic E-state index is 13.0. The number of aromatic hydroxyl groups is 1. The molecular weight excluding hydrogens is 448 g/mol. The molecule has 2 heterocycles. The molecule has 1 aromatic carbocycles. The average Bonchev–Trinajstić information content (AvgIpc) is 3.63. The molecule has 2 aromatic heterocycles. The number of alkyl carbamates (subject to hydrolysis) is 1. The maximum absolute atomic E-state index is 13.0. The zero-order chi connectivity index (χ0) is 25.5. The summed E-state index contributed by atoms with van der Waals surface area (Å²) < 4.78 is 11.6. The van der Waals surface area contributed by atoms with E-state index in [1.165, 1.54) is 11.5 Å². The molecule has 1 aliphatic carbocycles. The minimum absolute atomic E-state index is 0.0270. The van der Waals surface area contributed by atoms with Gasteiger partial charge >= 0.3 is 12.1 Å². The van der Waals surface area contributed by atoms with Crippen LogP contribution in [-0.4, -0.2) is 34.3 Å². The Hall–Kier alpha value is -3.81. The summed E-state index contributed by atoms with van der Waals surface area (Å²) in [6.07, 6.45) is 3.10. The number of hydrogen-bond donors (Lipinski definition) is 2. The molecule has 1 aliphatic rings. The molecule has 8 heteroatoms. The van der Waals surface area contributed by atoms with E-state index in [1.807, 2.05) is 19.1 Å². The van der Waals surface area contributed by atoms with Crippen LogP contribution in [0.5, 0.6) is 5.75 Å². The number of carbonyl (C=O) groups excluding carboxylic acids is 2. The van der Waals surface area contributed by atoms with Crippen molar-refractivity contribution in [2.24, 2.45) is 0 Å². The Kier molecular flexibility index (Phi) is 6.32. The highest BCUT2D eigenvalue weighted by Gasteiger charge is 2.29. The van der Waals surface area contributed by atoms with Crippen molar-refractivity contribution < 1.29 is 24.2 Å². The minimum atomic E-state index is -0.645. The van der Waals surface area contributed by atoms with Crippen molar-refractivity contribution >= 4 is 17.6 Å². The maximum Gasteiger partial charge on any atom is 0.407 e. The van der Waals surface area contributed by atoms with Crippen molar-refractivity contribution in [3.63, 3.8) is 0 Å². The van der Waals surface area contributed by atoms with Crippen LogP contribution in [0, 0.1) is 6.92 Å². The summed E-state index contributed by atoms with van der Waals surface area (Å²) in [5.74, 6) is -0.300. The van der Waals surface area contributed by atoms with Gasteiger partial charge in [0.1, 0.15) is 16.9 Å². The zero-order valence-corrected chi connectivity index (χ0v) is 20.6. The number of rotatable bonds is 5. The van der Waals surface area contributed by atoms with E-state index in [0.29, 0.717) is 5.56 Å². The van der Waals surface area contributed by atoms with E-state index < -0.39 is 23.2 Å². The number of aromatic nitrogens is 1. The van der Waals surface area contributed by atoms with E-state index >= 15 is 0 Å². The van der Waals surface area contributed by atoms with Crippen molar-refractivity contribution in [3.05, 3.63) is 69.1 Å². The molecule has 184 valence electrons. The average molecular weight is 479 g/mol. The van der Waals surface area contributed by atoms with E-state index in [0.717, 1.165) is 40.6 Å². The van der Waals surface area contributed by atoms with E-state index in [1.54, 1.807) is 45.2 Å². The number of phenolic OH excluding ortho intramolecular Hbond substituents is 1. The lowest BCUT2D eigenvalue weighted by Crippen LogP contribution is -2.32. The second-order valence-corrected chi connectivity index (χ2v) is 9.86. The van der Waals surface area contributed by atoms with Gasteiger partial charge in [-0.15, -0.1) is 0 Å². The normalized spacial score (nSPS) is 13.5. The number of esters is 1. The van der Waals surface area contributed by atoms with Gasteiger partial charge < -0.3 is 19.9 Å². The highest BCUT2D eigenvalue weighted by atomic mass is 16.6. The Morgan fingerprint density at radius 3 is 2.51 bits per heavy atom. The molecule has 0 unspecified atom stereocenters. The number of carbonyl (C=O) groups is 2. The van der Waals surface area contributed by atoms with Gasteiger partial charge in [-0.05, 0) is 93.0 Å². The summed E-state index contributed by atoms with van der Waals surface area (Å²) in [7, 11) is 1.27. The van der Waals surface area contributed by atoms with Crippen LogP contribution in [0.25, 0.3) is 16.6 Å². The molecule has 2 N–H and O–H groups in total. The number of phenols is 1. The van der Waals surface area contributed by atoms with Crippen molar-refractivity contribution in [2.45, 2.75) is 58.6 Å². The SMILES string of the molecule is COC(=O)c1cc(C2CC2)c2c(C)c(-c3ccc(O)c(CNC(=O)OC(C)(C)C)c3)ccn2c1=O. The lowest BCUT2D eigenvalue weighted by Gasteiger charge is -2.20. The van der Waals surface area contributed by atoms with Crippen LogP contribution in [-0.2, 0) is 16.0 Å². The number of fused-ring (bicyclic) bond motifs is 1. The largest absolute Gasteiger partial charge is 0.508 e. The summed E-state index contributed by atoms with van der Waals surface area (Å²) in [6.45, 7) is 7.38. The highest BCUT2D eigenvalue weighted by Crippen LogP contribution is 2.43. The fraction of sp³-hybridized carbons (Fsp3) is 0.370. The first kappa shape index (κ1) is 24.3. The monoisotopic (exact) mass is 478 g/mol. The smallest absolute Gasteiger partial charge is 0.407 e. The van der Waals surface area contributed by atoms with Gasteiger partial charge in [-0.1, -0.05) is 6.07 Å². The third kappa shape index (κ3) is 5.01. The summed E-state index contributed by atoms with van der Waals surface area (Å²) in [6, 6.07) is 8.68. The van der Waals surface area contributed by atoms with Crippen molar-refractivity contribution in [2.75, 3.05) is 7.11 Å². The van der Waals surface area contributed by atoms with Crippen LogP contribution in [0.1, 0.15) is 66.6 Å². The summed E-state index contributed by atoms with van der Waals surface area (Å²) in [4.78, 5) is 37.3. The predicted molar refractivity (Wildman–Crippen MR) is 132 cm³/mol. The van der Waals surface area contributed by atoms with Crippen LogP contribution in [0.2, 0.25) is 0 Å². The Labute approximate surface area is 203 Å². The molecule has 0 aliphatic heterocycles. The molecule has 1 amide bonds. The second-order valence-electron chi connectivity index (χ2n) is 9.86. The van der Waals surface area contributed by atoms with Gasteiger partial charge in [-0.25, -0.2) is 9.59 Å². The summed E-state index contributed by atoms with van der Waals surface area (Å²) in [5, 5.41) is 13.0. The fourth-order valence-electron chi connectivity index (χ4n) is 4.25. The Morgan fingerprint density at radius 2 is 1.89 bits per heavy atom. The number of amides is 1. The molecule has 8 nitrogen and oxygen atoms in total. The number of ether oxygens (including phenoxy) is 2. The molecule has 0 bridgehead atoms. The molecule has 1 fully saturated rings. The Balaban J connectivity index is 1.75. The van der Waals surface area contributed by atoms with Gasteiger partial charge in [0.15, 0.2) is 0 Å². The lowest BCUT2D eigenvalue weighted by molar-refractivity contribution is 0.0522. The van der Waals surface area contributed by atoms with Gasteiger partial charge in [-0.2, -0.15) is 0 Å². The quantitative estimate of drug-likeness (QED) is 0.516. The van der Waals surface area contributed by atoms with Crippen LogP contribution in [0.4, 0.5) is 4.79 Å². The first-order chi connectivity index (χ1) is 16.5. The van der Waals surface area contributed by atoms with Crippen LogP contribution >= 0.6 is 0 Å². The van der Waals surface area contributed by atoms with Gasteiger partial charge in [-0.3, -0.25) is 9.20 Å².